The van der Waals surface area contributed by atoms with E-state index in [4.69, 9.17) is 20.9 Å². The highest BCUT2D eigenvalue weighted by atomic mass is 35.5. The van der Waals surface area contributed by atoms with Gasteiger partial charge >= 0.3 is 7.12 Å². The zero-order valence-corrected chi connectivity index (χ0v) is 16.3. The van der Waals surface area contributed by atoms with Crippen LogP contribution in [0.5, 0.6) is 0 Å². The minimum absolute atomic E-state index is 0.368. The SMILES string of the molecule is CC1(C)OB(c2ccccc2-c2cccc3ccc(Cl)cc23)OC1(C)C. The molecule has 0 saturated carbocycles. The lowest BCUT2D eigenvalue weighted by molar-refractivity contribution is 0.00578. The molecule has 1 aliphatic heterocycles. The highest BCUT2D eigenvalue weighted by Gasteiger charge is 2.52. The molecule has 0 bridgehead atoms. The van der Waals surface area contributed by atoms with Crippen LogP contribution in [0.3, 0.4) is 0 Å². The van der Waals surface area contributed by atoms with Gasteiger partial charge in [-0.15, -0.1) is 0 Å². The molecule has 0 spiro atoms. The third-order valence-electron chi connectivity index (χ3n) is 5.60. The Morgan fingerprint density at radius 2 is 1.42 bits per heavy atom. The molecule has 0 radical (unpaired) electrons. The predicted octanol–water partition coefficient (Wildman–Crippen LogP) is 5.46. The summed E-state index contributed by atoms with van der Waals surface area (Å²) in [7, 11) is -0.398. The van der Waals surface area contributed by atoms with Crippen molar-refractivity contribution in [2.75, 3.05) is 0 Å². The fourth-order valence-electron chi connectivity index (χ4n) is 3.40. The van der Waals surface area contributed by atoms with Crippen molar-refractivity contribution in [1.29, 1.82) is 0 Å². The fraction of sp³-hybridized carbons (Fsp3) is 0.273. The van der Waals surface area contributed by atoms with E-state index in [-0.39, 0.29) is 11.2 Å². The smallest absolute Gasteiger partial charge is 0.399 e. The zero-order chi connectivity index (χ0) is 18.5. The maximum absolute atomic E-state index is 6.30. The third kappa shape index (κ3) is 2.85. The van der Waals surface area contributed by atoms with Crippen molar-refractivity contribution in [3.05, 3.63) is 65.7 Å². The Hall–Kier alpha value is -1.81. The Morgan fingerprint density at radius 3 is 2.15 bits per heavy atom. The molecule has 0 aliphatic carbocycles. The molecule has 1 heterocycles. The molecule has 0 atom stereocenters. The van der Waals surface area contributed by atoms with Crippen molar-refractivity contribution >= 4 is 35.0 Å². The third-order valence-corrected chi connectivity index (χ3v) is 5.84. The lowest BCUT2D eigenvalue weighted by atomic mass is 9.74. The Morgan fingerprint density at radius 1 is 0.769 bits per heavy atom. The van der Waals surface area contributed by atoms with E-state index in [0.29, 0.717) is 0 Å². The van der Waals surface area contributed by atoms with Crippen molar-refractivity contribution in [2.45, 2.75) is 38.9 Å². The highest BCUT2D eigenvalue weighted by Crippen LogP contribution is 2.38. The van der Waals surface area contributed by atoms with Gasteiger partial charge in [-0.2, -0.15) is 0 Å². The van der Waals surface area contributed by atoms with Crippen LogP contribution < -0.4 is 5.46 Å². The molecule has 0 aromatic heterocycles. The number of rotatable bonds is 2. The minimum atomic E-state index is -0.398. The van der Waals surface area contributed by atoms with Crippen LogP contribution in [0.4, 0.5) is 0 Å². The maximum Gasteiger partial charge on any atom is 0.495 e. The lowest BCUT2D eigenvalue weighted by Gasteiger charge is -2.32. The van der Waals surface area contributed by atoms with Crippen molar-refractivity contribution < 1.29 is 9.31 Å². The molecular weight excluding hydrogens is 343 g/mol. The quantitative estimate of drug-likeness (QED) is 0.562. The molecule has 4 rings (SSSR count). The molecule has 1 aliphatic rings. The van der Waals surface area contributed by atoms with Gasteiger partial charge in [0.2, 0.25) is 0 Å². The van der Waals surface area contributed by atoms with Crippen LogP contribution in [0.1, 0.15) is 27.7 Å². The van der Waals surface area contributed by atoms with Crippen molar-refractivity contribution in [3.63, 3.8) is 0 Å². The van der Waals surface area contributed by atoms with Gasteiger partial charge in [0.1, 0.15) is 0 Å². The Bertz CT molecular complexity index is 965. The van der Waals surface area contributed by atoms with E-state index >= 15 is 0 Å². The van der Waals surface area contributed by atoms with E-state index in [0.717, 1.165) is 32.4 Å². The summed E-state index contributed by atoms with van der Waals surface area (Å²) in [6.45, 7) is 8.31. The van der Waals surface area contributed by atoms with E-state index in [1.165, 1.54) is 0 Å². The van der Waals surface area contributed by atoms with Crippen LogP contribution in [-0.4, -0.2) is 18.3 Å². The van der Waals surface area contributed by atoms with Gasteiger partial charge in [-0.25, -0.2) is 0 Å². The summed E-state index contributed by atoms with van der Waals surface area (Å²) in [5, 5.41) is 3.03. The normalized spacial score (nSPS) is 18.4. The summed E-state index contributed by atoms with van der Waals surface area (Å²) in [6, 6.07) is 20.6. The van der Waals surface area contributed by atoms with Gasteiger partial charge in [-0.05, 0) is 67.2 Å². The molecule has 132 valence electrons. The second kappa shape index (κ2) is 6.12. The van der Waals surface area contributed by atoms with Crippen LogP contribution in [0.15, 0.2) is 60.7 Å². The Kier molecular flexibility index (Phi) is 4.15. The molecule has 4 heteroatoms. The molecule has 3 aromatic carbocycles. The average molecular weight is 365 g/mol. The van der Waals surface area contributed by atoms with Crippen LogP contribution in [-0.2, 0) is 9.31 Å². The number of halogens is 1. The first-order valence-corrected chi connectivity index (χ1v) is 9.29. The highest BCUT2D eigenvalue weighted by molar-refractivity contribution is 6.64. The minimum Gasteiger partial charge on any atom is -0.399 e. The maximum atomic E-state index is 6.30. The molecule has 1 saturated heterocycles. The Labute approximate surface area is 160 Å². The zero-order valence-electron chi connectivity index (χ0n) is 15.5. The van der Waals surface area contributed by atoms with E-state index in [1.54, 1.807) is 0 Å². The van der Waals surface area contributed by atoms with Crippen LogP contribution >= 0.6 is 11.6 Å². The summed E-state index contributed by atoms with van der Waals surface area (Å²) >= 11 is 6.27. The topological polar surface area (TPSA) is 18.5 Å². The summed E-state index contributed by atoms with van der Waals surface area (Å²) in [6.07, 6.45) is 0. The number of benzene rings is 3. The van der Waals surface area contributed by atoms with E-state index in [9.17, 15) is 0 Å². The number of hydrogen-bond donors (Lipinski definition) is 0. The molecule has 1 fully saturated rings. The number of hydrogen-bond acceptors (Lipinski definition) is 2. The number of fused-ring (bicyclic) bond motifs is 1. The first-order chi connectivity index (χ1) is 12.3. The van der Waals surface area contributed by atoms with Crippen molar-refractivity contribution in [1.82, 2.24) is 0 Å². The lowest BCUT2D eigenvalue weighted by Crippen LogP contribution is -2.41. The van der Waals surface area contributed by atoms with Gasteiger partial charge in [-0.3, -0.25) is 0 Å². The summed E-state index contributed by atoms with van der Waals surface area (Å²) in [5.41, 5.74) is 2.55. The predicted molar refractivity (Wildman–Crippen MR) is 110 cm³/mol. The average Bonchev–Trinajstić information content (AvgIpc) is 2.82. The first kappa shape index (κ1) is 17.6. The molecule has 0 unspecified atom stereocenters. The molecular formula is C22H22BClO2. The monoisotopic (exact) mass is 364 g/mol. The fourth-order valence-corrected chi connectivity index (χ4v) is 3.57. The first-order valence-electron chi connectivity index (χ1n) is 8.92. The molecule has 0 N–H and O–H groups in total. The van der Waals surface area contributed by atoms with Crippen molar-refractivity contribution in [2.24, 2.45) is 0 Å². The summed E-state index contributed by atoms with van der Waals surface area (Å²) in [5.74, 6) is 0. The van der Waals surface area contributed by atoms with Gasteiger partial charge in [0, 0.05) is 5.02 Å². The summed E-state index contributed by atoms with van der Waals surface area (Å²) in [4.78, 5) is 0. The van der Waals surface area contributed by atoms with Crippen LogP contribution in [0.2, 0.25) is 5.02 Å². The van der Waals surface area contributed by atoms with Gasteiger partial charge in [0.15, 0.2) is 0 Å². The molecule has 26 heavy (non-hydrogen) atoms. The molecule has 2 nitrogen and oxygen atoms in total. The van der Waals surface area contributed by atoms with E-state index in [2.05, 4.69) is 64.1 Å². The summed E-state index contributed by atoms with van der Waals surface area (Å²) < 4.78 is 12.6. The van der Waals surface area contributed by atoms with Crippen LogP contribution in [0.25, 0.3) is 21.9 Å². The van der Waals surface area contributed by atoms with Gasteiger partial charge in [-0.1, -0.05) is 60.1 Å². The Balaban J connectivity index is 1.88. The van der Waals surface area contributed by atoms with E-state index < -0.39 is 7.12 Å². The van der Waals surface area contributed by atoms with Gasteiger partial charge in [0.05, 0.1) is 11.2 Å². The van der Waals surface area contributed by atoms with E-state index in [1.807, 2.05) is 24.3 Å². The molecule has 0 amide bonds. The van der Waals surface area contributed by atoms with Crippen molar-refractivity contribution in [3.8, 4) is 11.1 Å². The molecule has 3 aromatic rings. The van der Waals surface area contributed by atoms with Gasteiger partial charge in [0.25, 0.3) is 0 Å². The second-order valence-corrected chi connectivity index (χ2v) is 8.28. The standard InChI is InChI=1S/C22H22BClO2/c1-21(2)22(3,4)26-23(25-21)20-11-6-5-9-18(20)17-10-7-8-15-12-13-16(24)14-19(15)17/h5-14H,1-4H3. The van der Waals surface area contributed by atoms with Crippen LogP contribution in [0, 0.1) is 0 Å². The second-order valence-electron chi connectivity index (χ2n) is 7.85. The largest absolute Gasteiger partial charge is 0.495 e. The van der Waals surface area contributed by atoms with Gasteiger partial charge < -0.3 is 9.31 Å².